The number of rotatable bonds is 5. The monoisotopic (exact) mass is 307 g/mol. The van der Waals surface area contributed by atoms with E-state index in [9.17, 15) is 4.79 Å². The highest BCUT2D eigenvalue weighted by atomic mass is 32.2. The number of hydrogen-bond acceptors (Lipinski definition) is 8. The minimum absolute atomic E-state index is 0.242. The van der Waals surface area contributed by atoms with Gasteiger partial charge in [-0.2, -0.15) is 10.1 Å². The molecule has 0 bridgehead atoms. The summed E-state index contributed by atoms with van der Waals surface area (Å²) in [6, 6.07) is 0. The molecule has 0 saturated heterocycles. The van der Waals surface area contributed by atoms with Crippen LogP contribution in [0.4, 0.5) is 5.95 Å². The van der Waals surface area contributed by atoms with Crippen molar-refractivity contribution in [3.05, 3.63) is 16.7 Å². The average molecular weight is 307 g/mol. The minimum atomic E-state index is -0.242. The Balaban J connectivity index is 2.05. The lowest BCUT2D eigenvalue weighted by Crippen LogP contribution is -2.17. The van der Waals surface area contributed by atoms with Crippen LogP contribution in [0.1, 0.15) is 13.3 Å². The van der Waals surface area contributed by atoms with E-state index in [4.69, 9.17) is 5.84 Å². The van der Waals surface area contributed by atoms with Gasteiger partial charge in [0, 0.05) is 6.54 Å². The van der Waals surface area contributed by atoms with E-state index in [0.717, 1.165) is 11.8 Å². The van der Waals surface area contributed by atoms with E-state index in [2.05, 4.69) is 35.8 Å². The summed E-state index contributed by atoms with van der Waals surface area (Å²) in [6.45, 7) is 2.57. The lowest BCUT2D eigenvalue weighted by Gasteiger charge is -2.05. The van der Waals surface area contributed by atoms with E-state index in [1.165, 1.54) is 11.8 Å². The third kappa shape index (κ3) is 2.48. The predicted molar refractivity (Wildman–Crippen MR) is 76.8 cm³/mol. The third-order valence-electron chi connectivity index (χ3n) is 2.76. The van der Waals surface area contributed by atoms with Gasteiger partial charge in [0.2, 0.25) is 5.95 Å². The number of nitrogens with zero attached hydrogens (tertiary/aromatic N) is 5. The number of aromatic amines is 2. The number of hydrogen-bond donors (Lipinski definition) is 4. The summed E-state index contributed by atoms with van der Waals surface area (Å²) < 4.78 is 1.56. The molecule has 0 aliphatic rings. The topological polar surface area (TPSA) is 143 Å². The zero-order valence-electron chi connectivity index (χ0n) is 11.1. The van der Waals surface area contributed by atoms with Gasteiger partial charge in [0.25, 0.3) is 0 Å². The number of anilines is 1. The van der Waals surface area contributed by atoms with E-state index >= 15 is 0 Å². The zero-order chi connectivity index (χ0) is 14.8. The Hall–Kier alpha value is -2.40. The second-order valence-corrected chi connectivity index (χ2v) is 5.15. The number of nitrogens with two attached hydrogens (primary N) is 1. The molecule has 11 heteroatoms. The Morgan fingerprint density at radius 3 is 3.05 bits per heavy atom. The quantitative estimate of drug-likeness (QED) is 0.295. The Kier molecular flexibility index (Phi) is 3.58. The maximum absolute atomic E-state index is 11.7. The second kappa shape index (κ2) is 5.54. The second-order valence-electron chi connectivity index (χ2n) is 4.19. The van der Waals surface area contributed by atoms with Crippen LogP contribution in [-0.2, 0) is 6.54 Å². The van der Waals surface area contributed by atoms with Crippen LogP contribution in [0.25, 0.3) is 11.0 Å². The van der Waals surface area contributed by atoms with Gasteiger partial charge in [-0.1, -0.05) is 6.92 Å². The number of aromatic nitrogens is 7. The average Bonchev–Trinajstić information content (AvgIpc) is 3.08. The van der Waals surface area contributed by atoms with Gasteiger partial charge in [-0.05, 0) is 18.2 Å². The highest BCUT2D eigenvalue weighted by Gasteiger charge is 2.15. The molecule has 5 N–H and O–H groups in total. The van der Waals surface area contributed by atoms with Gasteiger partial charge in [0.15, 0.2) is 10.8 Å². The van der Waals surface area contributed by atoms with E-state index in [1.54, 1.807) is 10.8 Å². The van der Waals surface area contributed by atoms with Crippen molar-refractivity contribution in [1.82, 2.24) is 34.9 Å². The first kappa shape index (κ1) is 13.6. The van der Waals surface area contributed by atoms with Crippen molar-refractivity contribution >= 4 is 28.7 Å². The molecular formula is C10H13N9OS. The maximum Gasteiger partial charge on any atom is 0.343 e. The van der Waals surface area contributed by atoms with Crippen molar-refractivity contribution in [2.45, 2.75) is 30.1 Å². The highest BCUT2D eigenvalue weighted by Crippen LogP contribution is 2.29. The van der Waals surface area contributed by atoms with Gasteiger partial charge >= 0.3 is 5.69 Å². The van der Waals surface area contributed by atoms with Crippen molar-refractivity contribution in [2.75, 3.05) is 5.43 Å². The standard InChI is InChI=1S/C10H13N9OS/c1-2-3-19-9(20)17-18-10(19)21-7-5-4-12-16-6(5)13-8(14-7)15-11/h4H,2-3,11H2,1H3,(H,17,20)(H2,12,13,14,15,16). The van der Waals surface area contributed by atoms with Crippen molar-refractivity contribution in [2.24, 2.45) is 5.84 Å². The van der Waals surface area contributed by atoms with Gasteiger partial charge in [-0.3, -0.25) is 15.1 Å². The van der Waals surface area contributed by atoms with Crippen LogP contribution in [0, 0.1) is 0 Å². The molecule has 0 unspecified atom stereocenters. The van der Waals surface area contributed by atoms with Crippen molar-refractivity contribution in [1.29, 1.82) is 0 Å². The largest absolute Gasteiger partial charge is 0.343 e. The van der Waals surface area contributed by atoms with Crippen LogP contribution in [-0.4, -0.2) is 34.9 Å². The fourth-order valence-corrected chi connectivity index (χ4v) is 2.78. The molecule has 0 radical (unpaired) electrons. The molecule has 0 amide bonds. The van der Waals surface area contributed by atoms with E-state index in [-0.39, 0.29) is 11.6 Å². The Bertz CT molecular complexity index is 819. The van der Waals surface area contributed by atoms with Gasteiger partial charge in [-0.15, -0.1) is 5.10 Å². The fraction of sp³-hybridized carbons (Fsp3) is 0.300. The Morgan fingerprint density at radius 2 is 2.29 bits per heavy atom. The van der Waals surface area contributed by atoms with Crippen LogP contribution < -0.4 is 17.0 Å². The number of nitrogen functional groups attached to an aromatic ring is 1. The van der Waals surface area contributed by atoms with E-state index < -0.39 is 0 Å². The number of hydrazine groups is 1. The number of H-pyrrole nitrogens is 2. The first-order valence-corrected chi connectivity index (χ1v) is 7.05. The molecule has 0 fully saturated rings. The van der Waals surface area contributed by atoms with E-state index in [1.807, 2.05) is 6.92 Å². The Morgan fingerprint density at radius 1 is 1.43 bits per heavy atom. The molecule has 0 aliphatic carbocycles. The predicted octanol–water partition coefficient (Wildman–Crippen LogP) is 0.0845. The van der Waals surface area contributed by atoms with Crippen LogP contribution >= 0.6 is 11.8 Å². The van der Waals surface area contributed by atoms with Crippen LogP contribution in [0.5, 0.6) is 0 Å². The van der Waals surface area contributed by atoms with Crippen LogP contribution in [0.2, 0.25) is 0 Å². The first-order valence-electron chi connectivity index (χ1n) is 6.23. The lowest BCUT2D eigenvalue weighted by molar-refractivity contribution is 0.603. The molecule has 3 heterocycles. The number of nitrogens with one attached hydrogen (secondary N) is 3. The molecule has 0 aromatic carbocycles. The van der Waals surface area contributed by atoms with Crippen LogP contribution in [0.3, 0.4) is 0 Å². The smallest absolute Gasteiger partial charge is 0.292 e. The lowest BCUT2D eigenvalue weighted by atomic mass is 10.4. The SMILES string of the molecule is CCCn1c(Sc2nc(NN)nc3[nH]ncc23)n[nH]c1=O. The third-order valence-corrected chi connectivity index (χ3v) is 3.76. The zero-order valence-corrected chi connectivity index (χ0v) is 11.9. The fourth-order valence-electron chi connectivity index (χ4n) is 1.84. The van der Waals surface area contributed by atoms with Gasteiger partial charge in [0.05, 0.1) is 11.6 Å². The van der Waals surface area contributed by atoms with Gasteiger partial charge in [0.1, 0.15) is 5.03 Å². The molecule has 21 heavy (non-hydrogen) atoms. The van der Waals surface area contributed by atoms with Crippen molar-refractivity contribution < 1.29 is 0 Å². The summed E-state index contributed by atoms with van der Waals surface area (Å²) in [7, 11) is 0. The summed E-state index contributed by atoms with van der Waals surface area (Å²) in [5, 5.41) is 15.0. The maximum atomic E-state index is 11.7. The molecule has 0 spiro atoms. The van der Waals surface area contributed by atoms with Gasteiger partial charge < -0.3 is 0 Å². The Labute approximate surface area is 122 Å². The van der Waals surface area contributed by atoms with E-state index in [0.29, 0.717) is 22.4 Å². The summed E-state index contributed by atoms with van der Waals surface area (Å²) in [5.41, 5.74) is 2.71. The molecule has 3 rings (SSSR count). The first-order chi connectivity index (χ1) is 10.2. The minimum Gasteiger partial charge on any atom is -0.292 e. The summed E-state index contributed by atoms with van der Waals surface area (Å²) >= 11 is 1.25. The number of fused-ring (bicyclic) bond motifs is 1. The molecule has 3 aromatic heterocycles. The van der Waals surface area contributed by atoms with Crippen molar-refractivity contribution in [3.63, 3.8) is 0 Å². The molecule has 110 valence electrons. The molecular weight excluding hydrogens is 294 g/mol. The summed E-state index contributed by atoms with van der Waals surface area (Å²) in [5.74, 6) is 5.62. The summed E-state index contributed by atoms with van der Waals surface area (Å²) in [4.78, 5) is 20.1. The normalized spacial score (nSPS) is 11.1. The van der Waals surface area contributed by atoms with Gasteiger partial charge in [-0.25, -0.2) is 20.7 Å². The molecule has 0 atom stereocenters. The molecule has 0 aliphatic heterocycles. The highest BCUT2D eigenvalue weighted by molar-refractivity contribution is 7.99. The molecule has 10 nitrogen and oxygen atoms in total. The van der Waals surface area contributed by atoms with Crippen LogP contribution in [0.15, 0.2) is 21.2 Å². The molecule has 3 aromatic rings. The molecule has 0 saturated carbocycles. The van der Waals surface area contributed by atoms with Crippen molar-refractivity contribution in [3.8, 4) is 0 Å². The summed E-state index contributed by atoms with van der Waals surface area (Å²) in [6.07, 6.45) is 2.44.